The predicted octanol–water partition coefficient (Wildman–Crippen LogP) is 0.994. The van der Waals surface area contributed by atoms with E-state index in [1.54, 1.807) is 0 Å². The second-order valence-electron chi connectivity index (χ2n) is 4.44. The number of nitrogens with zero attached hydrogens (tertiary/aromatic N) is 1. The molecule has 1 aliphatic rings. The average Bonchev–Trinajstić information content (AvgIpc) is 2.21. The van der Waals surface area contributed by atoms with Crippen molar-refractivity contribution in [2.75, 3.05) is 19.6 Å². The number of β-amino-alcohol motifs (C(OH)–C–C–N with tert-alkyl or cyclic N) is 1. The highest BCUT2D eigenvalue weighted by atomic mass is 16.3. The molecule has 0 aromatic heterocycles. The minimum absolute atomic E-state index is 0.123. The molecule has 1 aliphatic heterocycles. The Kier molecular flexibility index (Phi) is 4.35. The number of piperidine rings is 1. The van der Waals surface area contributed by atoms with Gasteiger partial charge in [0.05, 0.1) is 11.7 Å². The molecule has 0 aliphatic carbocycles. The molecule has 0 aromatic rings. The van der Waals surface area contributed by atoms with Gasteiger partial charge in [0.15, 0.2) is 0 Å². The SMILES string of the molecule is CCC(O)(CC)CN1CCC(O)CC1. The molecule has 0 radical (unpaired) electrons. The van der Waals surface area contributed by atoms with E-state index < -0.39 is 5.60 Å². The summed E-state index contributed by atoms with van der Waals surface area (Å²) in [7, 11) is 0. The van der Waals surface area contributed by atoms with Crippen molar-refractivity contribution in [2.24, 2.45) is 0 Å². The third kappa shape index (κ3) is 3.23. The van der Waals surface area contributed by atoms with Gasteiger partial charge in [0.2, 0.25) is 0 Å². The van der Waals surface area contributed by atoms with Crippen LogP contribution in [0.2, 0.25) is 0 Å². The quantitative estimate of drug-likeness (QED) is 0.713. The fourth-order valence-electron chi connectivity index (χ4n) is 1.97. The summed E-state index contributed by atoms with van der Waals surface area (Å²) in [6, 6.07) is 0. The summed E-state index contributed by atoms with van der Waals surface area (Å²) in [5, 5.41) is 19.5. The van der Waals surface area contributed by atoms with Crippen LogP contribution in [0, 0.1) is 0 Å². The number of aliphatic hydroxyl groups excluding tert-OH is 1. The summed E-state index contributed by atoms with van der Waals surface area (Å²) < 4.78 is 0. The van der Waals surface area contributed by atoms with Gasteiger partial charge in [-0.15, -0.1) is 0 Å². The molecule has 84 valence electrons. The Morgan fingerprint density at radius 3 is 2.14 bits per heavy atom. The Morgan fingerprint density at radius 2 is 1.71 bits per heavy atom. The van der Waals surface area contributed by atoms with Crippen molar-refractivity contribution in [3.63, 3.8) is 0 Å². The molecule has 3 nitrogen and oxygen atoms in total. The zero-order valence-corrected chi connectivity index (χ0v) is 9.37. The first-order chi connectivity index (χ1) is 6.59. The van der Waals surface area contributed by atoms with Gasteiger partial charge in [0.1, 0.15) is 0 Å². The Balaban J connectivity index is 2.36. The van der Waals surface area contributed by atoms with Gasteiger partial charge < -0.3 is 15.1 Å². The van der Waals surface area contributed by atoms with Crippen LogP contribution < -0.4 is 0 Å². The zero-order valence-electron chi connectivity index (χ0n) is 9.37. The summed E-state index contributed by atoms with van der Waals surface area (Å²) in [5.41, 5.74) is -0.526. The van der Waals surface area contributed by atoms with E-state index in [2.05, 4.69) is 4.90 Å². The topological polar surface area (TPSA) is 43.7 Å². The van der Waals surface area contributed by atoms with E-state index in [1.165, 1.54) is 0 Å². The second-order valence-corrected chi connectivity index (χ2v) is 4.44. The highest BCUT2D eigenvalue weighted by molar-refractivity contribution is 4.82. The maximum Gasteiger partial charge on any atom is 0.0768 e. The minimum atomic E-state index is -0.526. The molecule has 2 N–H and O–H groups in total. The molecule has 1 saturated heterocycles. The molecule has 0 atom stereocenters. The van der Waals surface area contributed by atoms with Crippen LogP contribution in [0.3, 0.4) is 0 Å². The van der Waals surface area contributed by atoms with E-state index in [0.717, 1.165) is 45.3 Å². The van der Waals surface area contributed by atoms with E-state index in [-0.39, 0.29) is 6.10 Å². The van der Waals surface area contributed by atoms with E-state index in [4.69, 9.17) is 0 Å². The van der Waals surface area contributed by atoms with Crippen LogP contribution in [0.1, 0.15) is 39.5 Å². The van der Waals surface area contributed by atoms with Crippen LogP contribution in [0.15, 0.2) is 0 Å². The van der Waals surface area contributed by atoms with E-state index >= 15 is 0 Å². The van der Waals surface area contributed by atoms with Gasteiger partial charge in [-0.3, -0.25) is 0 Å². The van der Waals surface area contributed by atoms with Crippen LogP contribution in [-0.2, 0) is 0 Å². The summed E-state index contributed by atoms with van der Waals surface area (Å²) in [6.45, 7) is 6.66. The average molecular weight is 201 g/mol. The first-order valence-corrected chi connectivity index (χ1v) is 5.72. The van der Waals surface area contributed by atoms with E-state index in [0.29, 0.717) is 0 Å². The highest BCUT2D eigenvalue weighted by Gasteiger charge is 2.27. The molecule has 1 rings (SSSR count). The van der Waals surface area contributed by atoms with Gasteiger partial charge in [-0.1, -0.05) is 13.8 Å². The van der Waals surface area contributed by atoms with Crippen molar-refractivity contribution in [1.82, 2.24) is 4.90 Å². The Bertz CT molecular complexity index is 161. The standard InChI is InChI=1S/C11H23NO2/c1-3-11(14,4-2)9-12-7-5-10(13)6-8-12/h10,13-14H,3-9H2,1-2H3. The molecule has 0 unspecified atom stereocenters. The van der Waals surface area contributed by atoms with Crippen LogP contribution in [0.4, 0.5) is 0 Å². The van der Waals surface area contributed by atoms with Crippen molar-refractivity contribution in [1.29, 1.82) is 0 Å². The lowest BCUT2D eigenvalue weighted by Gasteiger charge is -2.36. The third-order valence-corrected chi connectivity index (χ3v) is 3.39. The Labute approximate surface area is 86.7 Å². The normalized spacial score (nSPS) is 21.4. The second kappa shape index (κ2) is 5.10. The van der Waals surface area contributed by atoms with Crippen molar-refractivity contribution >= 4 is 0 Å². The molecule has 0 bridgehead atoms. The fourth-order valence-corrected chi connectivity index (χ4v) is 1.97. The number of hydrogen-bond donors (Lipinski definition) is 2. The fraction of sp³-hybridized carbons (Fsp3) is 1.00. The summed E-state index contributed by atoms with van der Waals surface area (Å²) in [6.07, 6.45) is 3.19. The van der Waals surface area contributed by atoms with Crippen LogP contribution in [-0.4, -0.2) is 46.5 Å². The first kappa shape index (κ1) is 12.0. The van der Waals surface area contributed by atoms with Gasteiger partial charge in [-0.05, 0) is 25.7 Å². The Hall–Kier alpha value is -0.120. The lowest BCUT2D eigenvalue weighted by molar-refractivity contribution is -0.0198. The first-order valence-electron chi connectivity index (χ1n) is 5.72. The largest absolute Gasteiger partial charge is 0.393 e. The molecular formula is C11H23NO2. The number of hydrogen-bond acceptors (Lipinski definition) is 3. The maximum atomic E-state index is 10.1. The zero-order chi connectivity index (χ0) is 10.6. The summed E-state index contributed by atoms with van der Waals surface area (Å²) in [4.78, 5) is 2.26. The molecular weight excluding hydrogens is 178 g/mol. The number of likely N-dealkylation sites (tertiary alicyclic amines) is 1. The third-order valence-electron chi connectivity index (χ3n) is 3.39. The van der Waals surface area contributed by atoms with Gasteiger partial charge in [0.25, 0.3) is 0 Å². The summed E-state index contributed by atoms with van der Waals surface area (Å²) in [5.74, 6) is 0. The summed E-state index contributed by atoms with van der Waals surface area (Å²) >= 11 is 0. The maximum absolute atomic E-state index is 10.1. The molecule has 0 amide bonds. The van der Waals surface area contributed by atoms with Crippen molar-refractivity contribution in [2.45, 2.75) is 51.2 Å². The Morgan fingerprint density at radius 1 is 1.21 bits per heavy atom. The van der Waals surface area contributed by atoms with Crippen molar-refractivity contribution in [3.8, 4) is 0 Å². The number of aliphatic hydroxyl groups is 2. The van der Waals surface area contributed by atoms with Crippen molar-refractivity contribution in [3.05, 3.63) is 0 Å². The lowest BCUT2D eigenvalue weighted by atomic mass is 9.95. The lowest BCUT2D eigenvalue weighted by Crippen LogP contribution is -2.46. The molecule has 14 heavy (non-hydrogen) atoms. The minimum Gasteiger partial charge on any atom is -0.393 e. The van der Waals surface area contributed by atoms with Crippen LogP contribution >= 0.6 is 0 Å². The van der Waals surface area contributed by atoms with Gasteiger partial charge in [-0.25, -0.2) is 0 Å². The van der Waals surface area contributed by atoms with Crippen LogP contribution in [0.5, 0.6) is 0 Å². The number of rotatable bonds is 4. The van der Waals surface area contributed by atoms with Gasteiger partial charge in [-0.2, -0.15) is 0 Å². The molecule has 0 aromatic carbocycles. The van der Waals surface area contributed by atoms with Crippen LogP contribution in [0.25, 0.3) is 0 Å². The molecule has 1 fully saturated rings. The predicted molar refractivity (Wildman–Crippen MR) is 57.2 cm³/mol. The highest BCUT2D eigenvalue weighted by Crippen LogP contribution is 2.19. The smallest absolute Gasteiger partial charge is 0.0768 e. The molecule has 0 spiro atoms. The van der Waals surface area contributed by atoms with Gasteiger partial charge in [0, 0.05) is 19.6 Å². The monoisotopic (exact) mass is 201 g/mol. The molecule has 3 heteroatoms. The van der Waals surface area contributed by atoms with E-state index in [1.807, 2.05) is 13.8 Å². The van der Waals surface area contributed by atoms with Gasteiger partial charge >= 0.3 is 0 Å². The molecule has 0 saturated carbocycles. The van der Waals surface area contributed by atoms with Crippen molar-refractivity contribution < 1.29 is 10.2 Å². The van der Waals surface area contributed by atoms with E-state index in [9.17, 15) is 10.2 Å². The molecule has 1 heterocycles.